The Morgan fingerprint density at radius 3 is 3.12 bits per heavy atom. The molecular formula is C18H23N5OS. The Morgan fingerprint density at radius 2 is 2.24 bits per heavy atom. The Labute approximate surface area is 151 Å². The van der Waals surface area contributed by atoms with Gasteiger partial charge in [0.15, 0.2) is 0 Å². The Hall–Kier alpha value is -1.99. The van der Waals surface area contributed by atoms with Crippen LogP contribution in [0.2, 0.25) is 0 Å². The predicted molar refractivity (Wildman–Crippen MR) is 102 cm³/mol. The number of amides is 1. The number of rotatable bonds is 3. The zero-order chi connectivity index (χ0) is 17.2. The van der Waals surface area contributed by atoms with E-state index in [2.05, 4.69) is 20.2 Å². The number of nitrogens with zero attached hydrogens (tertiary/aromatic N) is 2. The van der Waals surface area contributed by atoms with Crippen molar-refractivity contribution in [1.82, 2.24) is 15.3 Å². The van der Waals surface area contributed by atoms with Crippen molar-refractivity contribution >= 4 is 34.4 Å². The summed E-state index contributed by atoms with van der Waals surface area (Å²) in [4.78, 5) is 23.1. The number of aromatic amines is 1. The van der Waals surface area contributed by atoms with Gasteiger partial charge in [-0.3, -0.25) is 4.79 Å². The van der Waals surface area contributed by atoms with Crippen LogP contribution in [0.4, 0.5) is 5.69 Å². The molecule has 132 valence electrons. The molecule has 2 aromatic rings. The van der Waals surface area contributed by atoms with Gasteiger partial charge in [0.25, 0.3) is 5.91 Å². The fourth-order valence-corrected chi connectivity index (χ4v) is 4.49. The van der Waals surface area contributed by atoms with Gasteiger partial charge in [-0.05, 0) is 25.0 Å². The highest BCUT2D eigenvalue weighted by molar-refractivity contribution is 8.04. The fraction of sp³-hybridized carbons (Fsp3) is 0.444. The Kier molecular flexibility index (Phi) is 4.67. The van der Waals surface area contributed by atoms with E-state index in [-0.39, 0.29) is 18.0 Å². The molecule has 0 radical (unpaired) electrons. The molecule has 0 spiro atoms. The highest BCUT2D eigenvalue weighted by atomic mass is 32.2. The lowest BCUT2D eigenvalue weighted by Gasteiger charge is -2.31. The second-order valence-electron chi connectivity index (χ2n) is 6.63. The van der Waals surface area contributed by atoms with E-state index in [4.69, 9.17) is 5.73 Å². The Morgan fingerprint density at radius 1 is 1.36 bits per heavy atom. The van der Waals surface area contributed by atoms with Crippen molar-refractivity contribution in [2.24, 2.45) is 5.73 Å². The van der Waals surface area contributed by atoms with Crippen LogP contribution in [0.1, 0.15) is 25.7 Å². The summed E-state index contributed by atoms with van der Waals surface area (Å²) in [5.74, 6) is 0.876. The molecule has 0 aromatic carbocycles. The number of fused-ring (bicyclic) bond motifs is 1. The van der Waals surface area contributed by atoms with E-state index in [9.17, 15) is 4.79 Å². The minimum absolute atomic E-state index is 0.00332. The molecular weight excluding hydrogens is 334 g/mol. The molecule has 1 fully saturated rings. The minimum Gasteiger partial charge on any atom is -0.347 e. The molecule has 2 aromatic heterocycles. The average molecular weight is 357 g/mol. The third-order valence-electron chi connectivity index (χ3n) is 4.97. The van der Waals surface area contributed by atoms with E-state index in [0.717, 1.165) is 59.6 Å². The number of aromatic nitrogens is 2. The second-order valence-corrected chi connectivity index (χ2v) is 7.77. The van der Waals surface area contributed by atoms with Crippen molar-refractivity contribution in [3.05, 3.63) is 35.6 Å². The number of hydrogen-bond acceptors (Lipinski definition) is 5. The molecule has 7 heteroatoms. The summed E-state index contributed by atoms with van der Waals surface area (Å²) in [5, 5.41) is 4.21. The van der Waals surface area contributed by atoms with Crippen molar-refractivity contribution in [1.29, 1.82) is 0 Å². The molecule has 25 heavy (non-hydrogen) atoms. The smallest absolute Gasteiger partial charge is 0.259 e. The highest BCUT2D eigenvalue weighted by Crippen LogP contribution is 2.30. The summed E-state index contributed by atoms with van der Waals surface area (Å²) < 4.78 is 0. The molecule has 1 amide bonds. The van der Waals surface area contributed by atoms with Crippen LogP contribution in [0, 0.1) is 0 Å². The van der Waals surface area contributed by atoms with Gasteiger partial charge in [-0.1, -0.05) is 12.8 Å². The molecule has 0 saturated heterocycles. The van der Waals surface area contributed by atoms with Gasteiger partial charge in [-0.15, -0.1) is 11.8 Å². The molecule has 0 unspecified atom stereocenters. The number of carbonyl (C=O) groups excluding carboxylic acids is 1. The topological polar surface area (TPSA) is 87.0 Å². The van der Waals surface area contributed by atoms with Crippen molar-refractivity contribution in [2.45, 2.75) is 37.8 Å². The van der Waals surface area contributed by atoms with E-state index in [0.29, 0.717) is 0 Å². The van der Waals surface area contributed by atoms with Gasteiger partial charge in [0, 0.05) is 48.4 Å². The Bertz CT molecular complexity index is 802. The first-order chi connectivity index (χ1) is 12.2. The molecule has 3 heterocycles. The molecule has 1 aliphatic carbocycles. The van der Waals surface area contributed by atoms with Crippen LogP contribution >= 0.6 is 11.8 Å². The third-order valence-corrected chi connectivity index (χ3v) is 5.96. The summed E-state index contributed by atoms with van der Waals surface area (Å²) in [6.07, 6.45) is 9.91. The maximum atomic E-state index is 12.7. The third kappa shape index (κ3) is 3.39. The minimum atomic E-state index is -0.00332. The summed E-state index contributed by atoms with van der Waals surface area (Å²) in [7, 11) is 0. The number of hydrogen-bond donors (Lipinski definition) is 3. The van der Waals surface area contributed by atoms with Crippen LogP contribution in [0.5, 0.6) is 0 Å². The molecule has 0 bridgehead atoms. The van der Waals surface area contributed by atoms with E-state index in [1.165, 1.54) is 0 Å². The lowest BCUT2D eigenvalue weighted by atomic mass is 9.91. The molecule has 2 atom stereocenters. The van der Waals surface area contributed by atoms with Crippen LogP contribution in [-0.4, -0.2) is 40.3 Å². The van der Waals surface area contributed by atoms with Gasteiger partial charge >= 0.3 is 0 Å². The number of nitrogens with two attached hydrogens (primary N) is 1. The summed E-state index contributed by atoms with van der Waals surface area (Å²) in [6, 6.07) is 4.18. The molecule has 2 aliphatic rings. The average Bonchev–Trinajstić information content (AvgIpc) is 3.12. The van der Waals surface area contributed by atoms with E-state index in [1.807, 2.05) is 24.5 Å². The second kappa shape index (κ2) is 7.09. The van der Waals surface area contributed by atoms with E-state index < -0.39 is 0 Å². The van der Waals surface area contributed by atoms with E-state index >= 15 is 0 Å². The van der Waals surface area contributed by atoms with Crippen LogP contribution in [0.25, 0.3) is 11.0 Å². The van der Waals surface area contributed by atoms with Crippen LogP contribution in [0.3, 0.4) is 0 Å². The van der Waals surface area contributed by atoms with Crippen molar-refractivity contribution in [3.63, 3.8) is 0 Å². The Balaban J connectivity index is 1.54. The summed E-state index contributed by atoms with van der Waals surface area (Å²) in [6.45, 7) is 0.870. The van der Waals surface area contributed by atoms with Crippen molar-refractivity contribution < 1.29 is 4.79 Å². The van der Waals surface area contributed by atoms with Crippen LogP contribution < -0.4 is 16.0 Å². The maximum absolute atomic E-state index is 12.7. The molecule has 4 N–H and O–H groups in total. The highest BCUT2D eigenvalue weighted by Gasteiger charge is 2.26. The lowest BCUT2D eigenvalue weighted by Crippen LogP contribution is -2.49. The summed E-state index contributed by atoms with van der Waals surface area (Å²) >= 11 is 1.61. The quantitative estimate of drug-likeness (QED) is 0.785. The normalized spacial score (nSPS) is 24.2. The largest absolute Gasteiger partial charge is 0.347 e. The van der Waals surface area contributed by atoms with Gasteiger partial charge in [0.1, 0.15) is 5.65 Å². The first-order valence-electron chi connectivity index (χ1n) is 8.82. The molecule has 4 rings (SSSR count). The van der Waals surface area contributed by atoms with Gasteiger partial charge in [0.2, 0.25) is 0 Å². The zero-order valence-electron chi connectivity index (χ0n) is 14.1. The number of anilines is 1. The molecule has 6 nitrogen and oxygen atoms in total. The molecule has 1 aliphatic heterocycles. The predicted octanol–water partition coefficient (Wildman–Crippen LogP) is 2.34. The SMILES string of the molecule is N[C@@H]1CCCC[C@H]1NC(=O)C1=CN(c2ccnc3[nH]ccc23)CCS1. The van der Waals surface area contributed by atoms with Gasteiger partial charge < -0.3 is 20.9 Å². The van der Waals surface area contributed by atoms with Gasteiger partial charge in [-0.25, -0.2) is 4.98 Å². The monoisotopic (exact) mass is 357 g/mol. The molecule has 1 saturated carbocycles. The zero-order valence-corrected chi connectivity index (χ0v) is 14.9. The first-order valence-corrected chi connectivity index (χ1v) is 9.81. The van der Waals surface area contributed by atoms with Crippen LogP contribution in [-0.2, 0) is 4.79 Å². The fourth-order valence-electron chi connectivity index (χ4n) is 3.59. The van der Waals surface area contributed by atoms with Crippen molar-refractivity contribution in [2.75, 3.05) is 17.2 Å². The van der Waals surface area contributed by atoms with Crippen LogP contribution in [0.15, 0.2) is 35.6 Å². The van der Waals surface area contributed by atoms with E-state index in [1.54, 1.807) is 18.0 Å². The number of thioether (sulfide) groups is 1. The standard InChI is InChI=1S/C18H23N5OS/c19-13-3-1-2-4-14(13)22-18(24)16-11-23(9-10-25-16)15-6-8-21-17-12(15)5-7-20-17/h5-8,11,13-14H,1-4,9-10,19H2,(H,20,21)(H,22,24)/t13-,14-/m1/s1. The number of H-pyrrole nitrogens is 1. The van der Waals surface area contributed by atoms with Crippen molar-refractivity contribution in [3.8, 4) is 0 Å². The maximum Gasteiger partial charge on any atom is 0.259 e. The first kappa shape index (κ1) is 16.5. The summed E-state index contributed by atoms with van der Waals surface area (Å²) in [5.41, 5.74) is 8.10. The van der Waals surface area contributed by atoms with Gasteiger partial charge in [0.05, 0.1) is 10.6 Å². The van der Waals surface area contributed by atoms with Gasteiger partial charge in [-0.2, -0.15) is 0 Å². The number of carbonyl (C=O) groups is 1. The number of nitrogens with one attached hydrogen (secondary N) is 2. The lowest BCUT2D eigenvalue weighted by molar-refractivity contribution is -0.117. The number of pyridine rings is 1.